The van der Waals surface area contributed by atoms with Crippen LogP contribution >= 0.6 is 15.9 Å². The van der Waals surface area contributed by atoms with Gasteiger partial charge in [0.05, 0.1) is 12.7 Å². The minimum Gasteiger partial charge on any atom is -0.465 e. The van der Waals surface area contributed by atoms with Crippen LogP contribution in [-0.2, 0) is 20.9 Å². The zero-order valence-electron chi connectivity index (χ0n) is 17.4. The molecule has 0 aliphatic heterocycles. The average Bonchev–Trinajstić information content (AvgIpc) is 2.69. The van der Waals surface area contributed by atoms with E-state index >= 15 is 0 Å². The normalized spacial score (nSPS) is 17.4. The van der Waals surface area contributed by atoms with Crippen LogP contribution in [-0.4, -0.2) is 13.1 Å². The summed E-state index contributed by atoms with van der Waals surface area (Å²) in [7, 11) is 1.40. The number of esters is 1. The van der Waals surface area contributed by atoms with Gasteiger partial charge in [-0.1, -0.05) is 80.0 Å². The maximum atomic E-state index is 11.6. The summed E-state index contributed by atoms with van der Waals surface area (Å²) in [4.78, 5) is 11.6. The standard InChI is InChI=1S/C25H29BrO2/c1-24(2)12-13-25(3,4)22-15-20(16-26)19(14-21(22)24)11-8-17-6-9-18(10-7-17)23(27)28-5/h6-11,14-15H,12-13,16H2,1-5H3. The molecule has 0 unspecified atom stereocenters. The monoisotopic (exact) mass is 440 g/mol. The lowest BCUT2D eigenvalue weighted by Crippen LogP contribution is -2.34. The molecule has 2 aromatic carbocycles. The molecule has 0 saturated heterocycles. The number of hydrogen-bond acceptors (Lipinski definition) is 2. The molecule has 0 radical (unpaired) electrons. The first-order valence-corrected chi connectivity index (χ1v) is 10.9. The third kappa shape index (κ3) is 4.10. The summed E-state index contributed by atoms with van der Waals surface area (Å²) in [6, 6.07) is 12.3. The Bertz CT molecular complexity index is 905. The highest BCUT2D eigenvalue weighted by atomic mass is 79.9. The zero-order valence-corrected chi connectivity index (χ0v) is 19.0. The predicted octanol–water partition coefficient (Wildman–Crippen LogP) is 6.89. The van der Waals surface area contributed by atoms with Crippen molar-refractivity contribution in [1.82, 2.24) is 0 Å². The molecule has 2 aromatic rings. The van der Waals surface area contributed by atoms with Gasteiger partial charge < -0.3 is 4.74 Å². The third-order valence-corrected chi connectivity index (χ3v) is 6.65. The summed E-state index contributed by atoms with van der Waals surface area (Å²) < 4.78 is 4.76. The molecule has 0 bridgehead atoms. The van der Waals surface area contributed by atoms with E-state index in [0.717, 1.165) is 10.9 Å². The van der Waals surface area contributed by atoms with Crippen LogP contribution in [0, 0.1) is 0 Å². The van der Waals surface area contributed by atoms with Gasteiger partial charge in [-0.25, -0.2) is 4.79 Å². The summed E-state index contributed by atoms with van der Waals surface area (Å²) in [5.41, 5.74) is 7.55. The Morgan fingerprint density at radius 3 is 2.11 bits per heavy atom. The molecular weight excluding hydrogens is 412 g/mol. The maximum absolute atomic E-state index is 11.6. The van der Waals surface area contributed by atoms with E-state index in [9.17, 15) is 4.79 Å². The summed E-state index contributed by atoms with van der Waals surface area (Å²) in [5.74, 6) is -0.309. The van der Waals surface area contributed by atoms with Crippen LogP contribution in [0.5, 0.6) is 0 Å². The highest BCUT2D eigenvalue weighted by Gasteiger charge is 2.37. The fourth-order valence-electron chi connectivity index (χ4n) is 3.98. The number of methoxy groups -OCH3 is 1. The van der Waals surface area contributed by atoms with Crippen LogP contribution in [0.3, 0.4) is 0 Å². The van der Waals surface area contributed by atoms with Gasteiger partial charge in [0.15, 0.2) is 0 Å². The number of hydrogen-bond donors (Lipinski definition) is 0. The minimum absolute atomic E-state index is 0.195. The molecule has 2 nitrogen and oxygen atoms in total. The first-order chi connectivity index (χ1) is 13.2. The molecular formula is C25H29BrO2. The van der Waals surface area contributed by atoms with Crippen LogP contribution in [0.4, 0.5) is 0 Å². The molecule has 28 heavy (non-hydrogen) atoms. The van der Waals surface area contributed by atoms with E-state index in [1.807, 2.05) is 12.1 Å². The Morgan fingerprint density at radius 1 is 1.00 bits per heavy atom. The quantitative estimate of drug-likeness (QED) is 0.294. The zero-order chi connectivity index (χ0) is 20.5. The van der Waals surface area contributed by atoms with Crippen molar-refractivity contribution >= 4 is 34.1 Å². The van der Waals surface area contributed by atoms with E-state index in [2.05, 4.69) is 67.9 Å². The molecule has 148 valence electrons. The van der Waals surface area contributed by atoms with Gasteiger partial charge >= 0.3 is 5.97 Å². The van der Waals surface area contributed by atoms with Crippen molar-refractivity contribution in [1.29, 1.82) is 0 Å². The van der Waals surface area contributed by atoms with Gasteiger partial charge in [0, 0.05) is 5.33 Å². The summed E-state index contributed by atoms with van der Waals surface area (Å²) in [5, 5.41) is 0.831. The fraction of sp³-hybridized carbons (Fsp3) is 0.400. The van der Waals surface area contributed by atoms with Gasteiger partial charge in [0.1, 0.15) is 0 Å². The van der Waals surface area contributed by atoms with Gasteiger partial charge in [-0.15, -0.1) is 0 Å². The van der Waals surface area contributed by atoms with Crippen LogP contribution in [0.2, 0.25) is 0 Å². The van der Waals surface area contributed by atoms with E-state index in [-0.39, 0.29) is 16.8 Å². The average molecular weight is 441 g/mol. The van der Waals surface area contributed by atoms with Gasteiger partial charge in [-0.05, 0) is 63.6 Å². The van der Waals surface area contributed by atoms with Crippen LogP contribution < -0.4 is 0 Å². The second-order valence-corrected chi connectivity index (χ2v) is 9.51. The second-order valence-electron chi connectivity index (χ2n) is 8.94. The van der Waals surface area contributed by atoms with Crippen molar-refractivity contribution in [3.8, 4) is 0 Å². The van der Waals surface area contributed by atoms with Crippen molar-refractivity contribution in [2.45, 2.75) is 56.7 Å². The minimum atomic E-state index is -0.309. The number of halogens is 1. The molecule has 1 aliphatic carbocycles. The Labute approximate surface area is 177 Å². The summed E-state index contributed by atoms with van der Waals surface area (Å²) in [6.07, 6.45) is 6.72. The molecule has 0 aromatic heterocycles. The molecule has 3 heteroatoms. The lowest BCUT2D eigenvalue weighted by Gasteiger charge is -2.42. The van der Waals surface area contributed by atoms with E-state index < -0.39 is 0 Å². The Balaban J connectivity index is 1.98. The molecule has 0 spiro atoms. The molecule has 0 N–H and O–H groups in total. The largest absolute Gasteiger partial charge is 0.465 e. The second kappa shape index (κ2) is 7.87. The first-order valence-electron chi connectivity index (χ1n) is 9.78. The number of fused-ring (bicyclic) bond motifs is 1. The SMILES string of the molecule is COC(=O)c1ccc(C=Cc2cc3c(cc2CBr)C(C)(C)CCC3(C)C)cc1. The Morgan fingerprint density at radius 2 is 1.57 bits per heavy atom. The van der Waals surface area contributed by atoms with Gasteiger partial charge in [0.25, 0.3) is 0 Å². The lowest BCUT2D eigenvalue weighted by molar-refractivity contribution is 0.0600. The topological polar surface area (TPSA) is 26.3 Å². The molecule has 0 heterocycles. The highest BCUT2D eigenvalue weighted by molar-refractivity contribution is 9.08. The first kappa shape index (κ1) is 20.9. The third-order valence-electron chi connectivity index (χ3n) is 6.04. The van der Waals surface area contributed by atoms with Gasteiger partial charge in [-0.2, -0.15) is 0 Å². The van der Waals surface area contributed by atoms with Crippen LogP contribution in [0.15, 0.2) is 36.4 Å². The highest BCUT2D eigenvalue weighted by Crippen LogP contribution is 2.46. The summed E-state index contributed by atoms with van der Waals surface area (Å²) >= 11 is 3.68. The van der Waals surface area contributed by atoms with Gasteiger partial charge in [0.2, 0.25) is 0 Å². The molecule has 0 amide bonds. The van der Waals surface area contributed by atoms with Crippen molar-refractivity contribution < 1.29 is 9.53 Å². The van der Waals surface area contributed by atoms with Crippen molar-refractivity contribution in [3.63, 3.8) is 0 Å². The van der Waals surface area contributed by atoms with Crippen molar-refractivity contribution in [2.75, 3.05) is 7.11 Å². The molecule has 0 fully saturated rings. The van der Waals surface area contributed by atoms with E-state index in [1.54, 1.807) is 12.1 Å². The van der Waals surface area contributed by atoms with Gasteiger partial charge in [-0.3, -0.25) is 0 Å². The van der Waals surface area contributed by atoms with Crippen LogP contribution in [0.1, 0.15) is 78.7 Å². The lowest BCUT2D eigenvalue weighted by atomic mass is 9.62. The number of alkyl halides is 1. The van der Waals surface area contributed by atoms with E-state index in [1.165, 1.54) is 42.2 Å². The predicted molar refractivity (Wildman–Crippen MR) is 121 cm³/mol. The van der Waals surface area contributed by atoms with E-state index in [4.69, 9.17) is 4.74 Å². The Hall–Kier alpha value is -1.87. The summed E-state index contributed by atoms with van der Waals surface area (Å²) in [6.45, 7) is 9.43. The number of benzene rings is 2. The van der Waals surface area contributed by atoms with E-state index in [0.29, 0.717) is 5.56 Å². The van der Waals surface area contributed by atoms with Crippen molar-refractivity contribution in [2.24, 2.45) is 0 Å². The maximum Gasteiger partial charge on any atom is 0.337 e. The van der Waals surface area contributed by atoms with Crippen LogP contribution in [0.25, 0.3) is 12.2 Å². The number of carbonyl (C=O) groups is 1. The fourth-order valence-corrected chi connectivity index (χ4v) is 4.47. The van der Waals surface area contributed by atoms with Crippen molar-refractivity contribution in [3.05, 3.63) is 69.8 Å². The number of ether oxygens (including phenoxy) is 1. The Kier molecular flexibility index (Phi) is 5.86. The molecule has 0 saturated carbocycles. The molecule has 3 rings (SSSR count). The molecule has 1 aliphatic rings. The number of rotatable bonds is 4. The number of carbonyl (C=O) groups excluding carboxylic acids is 1. The molecule has 0 atom stereocenters. The smallest absolute Gasteiger partial charge is 0.337 e.